The van der Waals surface area contributed by atoms with Crippen LogP contribution in [-0.2, 0) is 14.4 Å². The van der Waals surface area contributed by atoms with Crippen molar-refractivity contribution in [2.24, 2.45) is 5.16 Å². The van der Waals surface area contributed by atoms with Crippen molar-refractivity contribution in [3.8, 4) is 11.5 Å². The van der Waals surface area contributed by atoms with Gasteiger partial charge in [0.25, 0.3) is 0 Å². The van der Waals surface area contributed by atoms with Crippen molar-refractivity contribution in [3.05, 3.63) is 23.8 Å². The van der Waals surface area contributed by atoms with Gasteiger partial charge in [0.1, 0.15) is 11.5 Å². The van der Waals surface area contributed by atoms with E-state index in [1.54, 1.807) is 25.1 Å². The van der Waals surface area contributed by atoms with E-state index >= 15 is 0 Å². The summed E-state index contributed by atoms with van der Waals surface area (Å²) in [6, 6.07) is 4.88. The second kappa shape index (κ2) is 6.53. The molecule has 0 saturated heterocycles. The molecule has 1 rings (SSSR count). The molecule has 0 aliphatic carbocycles. The Labute approximate surface area is 110 Å². The molecular weight excluding hydrogens is 250 g/mol. The number of methoxy groups -OCH3 is 1. The monoisotopic (exact) mass is 265 g/mol. The maximum atomic E-state index is 11.0. The third-order valence-electron chi connectivity index (χ3n) is 2.14. The molecule has 0 spiro atoms. The van der Waals surface area contributed by atoms with Gasteiger partial charge in [-0.1, -0.05) is 5.16 Å². The van der Waals surface area contributed by atoms with Crippen molar-refractivity contribution in [1.82, 2.24) is 0 Å². The minimum absolute atomic E-state index is 0.321. The van der Waals surface area contributed by atoms with Crippen LogP contribution < -0.4 is 9.47 Å². The molecule has 0 N–H and O–H groups in total. The fraction of sp³-hybridized carbons (Fsp3) is 0.308. The summed E-state index contributed by atoms with van der Waals surface area (Å²) in [7, 11) is 1.52. The van der Waals surface area contributed by atoms with Crippen LogP contribution in [0.3, 0.4) is 0 Å². The van der Waals surface area contributed by atoms with E-state index in [-0.39, 0.29) is 0 Å². The molecule has 0 atom stereocenters. The van der Waals surface area contributed by atoms with Crippen LogP contribution in [0.25, 0.3) is 0 Å². The Morgan fingerprint density at radius 2 is 1.79 bits per heavy atom. The largest absolute Gasteiger partial charge is 0.497 e. The Bertz CT molecular complexity index is 522. The number of hydrogen-bond donors (Lipinski definition) is 0. The highest BCUT2D eigenvalue weighted by Crippen LogP contribution is 2.25. The van der Waals surface area contributed by atoms with Crippen LogP contribution in [0, 0.1) is 0 Å². The zero-order valence-electron chi connectivity index (χ0n) is 11.2. The number of oxime groups is 1. The second-order valence-electron chi connectivity index (χ2n) is 3.72. The third kappa shape index (κ3) is 4.42. The quantitative estimate of drug-likeness (QED) is 0.273. The minimum atomic E-state index is -0.531. The topological polar surface area (TPSA) is 74.2 Å². The Kier molecular flexibility index (Phi) is 5.05. The Hall–Kier alpha value is -2.37. The Morgan fingerprint density at radius 3 is 2.32 bits per heavy atom. The molecule has 1 aromatic rings. The van der Waals surface area contributed by atoms with Gasteiger partial charge >= 0.3 is 11.9 Å². The van der Waals surface area contributed by atoms with Crippen LogP contribution in [-0.4, -0.2) is 24.8 Å². The van der Waals surface area contributed by atoms with E-state index in [1.165, 1.54) is 21.0 Å². The van der Waals surface area contributed by atoms with E-state index in [0.717, 1.165) is 0 Å². The summed E-state index contributed by atoms with van der Waals surface area (Å²) in [6.07, 6.45) is 0. The first-order valence-corrected chi connectivity index (χ1v) is 5.53. The van der Waals surface area contributed by atoms with E-state index < -0.39 is 11.9 Å². The number of hydrogen-bond acceptors (Lipinski definition) is 6. The molecule has 0 aromatic heterocycles. The van der Waals surface area contributed by atoms with Crippen LogP contribution in [0.2, 0.25) is 0 Å². The summed E-state index contributed by atoms with van der Waals surface area (Å²) in [5, 5.41) is 3.66. The number of carbonyl (C=O) groups is 2. The van der Waals surface area contributed by atoms with Crippen molar-refractivity contribution in [3.63, 3.8) is 0 Å². The van der Waals surface area contributed by atoms with Gasteiger partial charge in [0.05, 0.1) is 12.8 Å². The zero-order chi connectivity index (χ0) is 14.4. The molecule has 0 aliphatic heterocycles. The summed E-state index contributed by atoms with van der Waals surface area (Å²) >= 11 is 0. The van der Waals surface area contributed by atoms with Crippen LogP contribution in [0.15, 0.2) is 23.4 Å². The van der Waals surface area contributed by atoms with E-state index in [9.17, 15) is 9.59 Å². The first-order valence-electron chi connectivity index (χ1n) is 5.53. The van der Waals surface area contributed by atoms with Gasteiger partial charge < -0.3 is 14.3 Å². The molecule has 0 saturated carbocycles. The fourth-order valence-corrected chi connectivity index (χ4v) is 1.34. The summed E-state index contributed by atoms with van der Waals surface area (Å²) in [5.74, 6) is -0.0898. The number of benzene rings is 1. The first-order chi connectivity index (χ1) is 8.93. The molecule has 0 unspecified atom stereocenters. The van der Waals surface area contributed by atoms with E-state index in [4.69, 9.17) is 9.47 Å². The molecule has 0 aliphatic rings. The number of ether oxygens (including phenoxy) is 2. The van der Waals surface area contributed by atoms with Gasteiger partial charge in [-0.25, -0.2) is 4.79 Å². The summed E-state index contributed by atoms with van der Waals surface area (Å²) in [6.45, 7) is 4.17. The second-order valence-corrected chi connectivity index (χ2v) is 3.72. The Morgan fingerprint density at radius 1 is 1.11 bits per heavy atom. The number of carbonyl (C=O) groups excluding carboxylic acids is 2. The molecule has 0 fully saturated rings. The Balaban J connectivity index is 3.16. The van der Waals surface area contributed by atoms with Crippen molar-refractivity contribution in [2.75, 3.05) is 7.11 Å². The molecule has 6 nitrogen and oxygen atoms in total. The standard InChI is InChI=1S/C13H15NO5/c1-8(14-19-10(3)16)12-7-11(17-4)5-6-13(12)18-9(2)15/h5-7H,1-4H3/b14-8+. The average molecular weight is 265 g/mol. The molecule has 0 radical (unpaired) electrons. The zero-order valence-corrected chi connectivity index (χ0v) is 11.2. The van der Waals surface area contributed by atoms with Crippen molar-refractivity contribution in [1.29, 1.82) is 0 Å². The highest BCUT2D eigenvalue weighted by molar-refractivity contribution is 6.01. The molecule has 1 aromatic carbocycles. The van der Waals surface area contributed by atoms with Crippen LogP contribution in [0.1, 0.15) is 26.3 Å². The molecule has 19 heavy (non-hydrogen) atoms. The van der Waals surface area contributed by atoms with E-state index in [1.807, 2.05) is 0 Å². The number of rotatable bonds is 4. The maximum Gasteiger partial charge on any atom is 0.331 e. The summed E-state index contributed by atoms with van der Waals surface area (Å²) in [5.41, 5.74) is 0.904. The fourth-order valence-electron chi connectivity index (χ4n) is 1.34. The van der Waals surface area contributed by atoms with E-state index in [2.05, 4.69) is 9.99 Å². The minimum Gasteiger partial charge on any atom is -0.497 e. The maximum absolute atomic E-state index is 11.0. The number of nitrogens with zero attached hydrogens (tertiary/aromatic N) is 1. The smallest absolute Gasteiger partial charge is 0.331 e. The summed E-state index contributed by atoms with van der Waals surface area (Å²) < 4.78 is 10.1. The van der Waals surface area contributed by atoms with E-state index in [0.29, 0.717) is 22.8 Å². The highest BCUT2D eigenvalue weighted by atomic mass is 16.7. The lowest BCUT2D eigenvalue weighted by Gasteiger charge is -2.10. The summed E-state index contributed by atoms with van der Waals surface area (Å²) in [4.78, 5) is 26.3. The molecule has 0 bridgehead atoms. The molecule has 0 amide bonds. The van der Waals surface area contributed by atoms with Gasteiger partial charge in [-0.05, 0) is 25.1 Å². The van der Waals surface area contributed by atoms with Crippen molar-refractivity contribution >= 4 is 17.7 Å². The predicted octanol–water partition coefficient (Wildman–Crippen LogP) is 1.91. The van der Waals surface area contributed by atoms with Crippen molar-refractivity contribution in [2.45, 2.75) is 20.8 Å². The van der Waals surface area contributed by atoms with Gasteiger partial charge in [-0.15, -0.1) is 0 Å². The van der Waals surface area contributed by atoms with Crippen LogP contribution in [0.5, 0.6) is 11.5 Å². The average Bonchev–Trinajstić information content (AvgIpc) is 2.35. The third-order valence-corrected chi connectivity index (χ3v) is 2.14. The molecular formula is C13H15NO5. The lowest BCUT2D eigenvalue weighted by Crippen LogP contribution is -2.07. The number of esters is 1. The van der Waals surface area contributed by atoms with Gasteiger partial charge in [-0.2, -0.15) is 0 Å². The van der Waals surface area contributed by atoms with Crippen LogP contribution in [0.4, 0.5) is 0 Å². The molecule has 0 heterocycles. The van der Waals surface area contributed by atoms with Crippen molar-refractivity contribution < 1.29 is 23.9 Å². The van der Waals surface area contributed by atoms with Gasteiger partial charge in [0, 0.05) is 19.4 Å². The highest BCUT2D eigenvalue weighted by Gasteiger charge is 2.11. The predicted molar refractivity (Wildman–Crippen MR) is 68.3 cm³/mol. The molecule has 6 heteroatoms. The van der Waals surface area contributed by atoms with Crippen LogP contribution >= 0.6 is 0 Å². The SMILES string of the molecule is COc1ccc(OC(C)=O)c(/C(C)=N/OC(C)=O)c1. The first kappa shape index (κ1) is 14.7. The lowest BCUT2D eigenvalue weighted by atomic mass is 10.1. The molecule has 102 valence electrons. The van der Waals surface area contributed by atoms with Gasteiger partial charge in [0.2, 0.25) is 0 Å². The van der Waals surface area contributed by atoms with Gasteiger partial charge in [0.15, 0.2) is 0 Å². The van der Waals surface area contributed by atoms with Gasteiger partial charge in [-0.3, -0.25) is 4.79 Å². The lowest BCUT2D eigenvalue weighted by molar-refractivity contribution is -0.141. The normalized spacial score (nSPS) is 10.8.